The third kappa shape index (κ3) is 3.22. The van der Waals surface area contributed by atoms with Crippen LogP contribution in [-0.2, 0) is 14.8 Å². The van der Waals surface area contributed by atoms with Gasteiger partial charge in [0.15, 0.2) is 0 Å². The molecule has 1 heterocycles. The summed E-state index contributed by atoms with van der Waals surface area (Å²) in [5, 5.41) is 9.54. The Morgan fingerprint density at radius 1 is 1.39 bits per heavy atom. The summed E-state index contributed by atoms with van der Waals surface area (Å²) < 4.78 is 31.8. The highest BCUT2D eigenvalue weighted by Gasteiger charge is 2.21. The highest BCUT2D eigenvalue weighted by Crippen LogP contribution is 2.21. The zero-order chi connectivity index (χ0) is 13.0. The van der Waals surface area contributed by atoms with Crippen molar-refractivity contribution in [2.75, 3.05) is 19.8 Å². The van der Waals surface area contributed by atoms with Crippen molar-refractivity contribution in [3.05, 3.63) is 24.3 Å². The third-order valence-corrected chi connectivity index (χ3v) is 4.44. The van der Waals surface area contributed by atoms with Gasteiger partial charge in [0, 0.05) is 13.2 Å². The molecule has 1 atom stereocenters. The number of phenols is 1. The van der Waals surface area contributed by atoms with E-state index >= 15 is 0 Å². The van der Waals surface area contributed by atoms with Gasteiger partial charge in [-0.25, -0.2) is 13.1 Å². The summed E-state index contributed by atoms with van der Waals surface area (Å²) >= 11 is 0. The van der Waals surface area contributed by atoms with Crippen molar-refractivity contribution in [2.45, 2.75) is 17.7 Å². The van der Waals surface area contributed by atoms with E-state index in [-0.39, 0.29) is 16.6 Å². The minimum Gasteiger partial charge on any atom is -0.507 e. The fraction of sp³-hybridized carbons (Fsp3) is 0.500. The Hall–Kier alpha value is -1.11. The standard InChI is InChI=1S/C12H17NO4S/c14-11-5-1-2-6-12(11)18(15,16)13-8-10-4-3-7-17-9-10/h1-2,5-6,10,13-14H,3-4,7-9H2. The van der Waals surface area contributed by atoms with E-state index in [1.54, 1.807) is 12.1 Å². The van der Waals surface area contributed by atoms with E-state index in [1.807, 2.05) is 0 Å². The lowest BCUT2D eigenvalue weighted by Gasteiger charge is -2.22. The number of benzene rings is 1. The van der Waals surface area contributed by atoms with E-state index in [2.05, 4.69) is 4.72 Å². The summed E-state index contributed by atoms with van der Waals surface area (Å²) in [6.45, 7) is 1.68. The van der Waals surface area contributed by atoms with Crippen LogP contribution < -0.4 is 4.72 Å². The molecular weight excluding hydrogens is 254 g/mol. The molecular formula is C12H17NO4S. The zero-order valence-corrected chi connectivity index (χ0v) is 10.8. The molecule has 1 aromatic carbocycles. The number of phenolic OH excluding ortho intramolecular Hbond substituents is 1. The fourth-order valence-corrected chi connectivity index (χ4v) is 3.17. The van der Waals surface area contributed by atoms with Crippen molar-refractivity contribution in [3.8, 4) is 5.75 Å². The monoisotopic (exact) mass is 271 g/mol. The molecule has 2 rings (SSSR count). The first kappa shape index (κ1) is 13.3. The second-order valence-electron chi connectivity index (χ2n) is 4.40. The molecule has 1 aliphatic heterocycles. The first-order chi connectivity index (χ1) is 8.59. The molecule has 0 radical (unpaired) electrons. The van der Waals surface area contributed by atoms with Gasteiger partial charge in [0.25, 0.3) is 0 Å². The van der Waals surface area contributed by atoms with E-state index in [0.29, 0.717) is 13.2 Å². The van der Waals surface area contributed by atoms with Crippen molar-refractivity contribution in [1.29, 1.82) is 0 Å². The molecule has 0 saturated carbocycles. The summed E-state index contributed by atoms with van der Waals surface area (Å²) in [5.74, 6) is -0.0238. The van der Waals surface area contributed by atoms with Gasteiger partial charge in [-0.15, -0.1) is 0 Å². The van der Waals surface area contributed by atoms with Crippen molar-refractivity contribution >= 4 is 10.0 Å². The Bertz CT molecular complexity index is 495. The lowest BCUT2D eigenvalue weighted by molar-refractivity contribution is 0.0568. The van der Waals surface area contributed by atoms with Gasteiger partial charge in [0.05, 0.1) is 6.61 Å². The van der Waals surface area contributed by atoms with Gasteiger partial charge in [-0.1, -0.05) is 12.1 Å². The predicted molar refractivity (Wildman–Crippen MR) is 66.8 cm³/mol. The number of hydrogen-bond acceptors (Lipinski definition) is 4. The Labute approximate surface area is 107 Å². The summed E-state index contributed by atoms with van der Waals surface area (Å²) in [6, 6.07) is 5.91. The Balaban J connectivity index is 2.01. The Morgan fingerprint density at radius 2 is 2.17 bits per heavy atom. The molecule has 5 nitrogen and oxygen atoms in total. The quantitative estimate of drug-likeness (QED) is 0.859. The maximum Gasteiger partial charge on any atom is 0.244 e. The molecule has 0 spiro atoms. The molecule has 2 N–H and O–H groups in total. The highest BCUT2D eigenvalue weighted by atomic mass is 32.2. The average molecular weight is 271 g/mol. The number of aromatic hydroxyl groups is 1. The molecule has 18 heavy (non-hydrogen) atoms. The topological polar surface area (TPSA) is 75.6 Å². The molecule has 0 aliphatic carbocycles. The lowest BCUT2D eigenvalue weighted by Crippen LogP contribution is -2.33. The molecule has 0 amide bonds. The summed E-state index contributed by atoms with van der Waals surface area (Å²) in [7, 11) is -3.65. The molecule has 1 unspecified atom stereocenters. The van der Waals surface area contributed by atoms with E-state index in [9.17, 15) is 13.5 Å². The van der Waals surface area contributed by atoms with Gasteiger partial charge in [-0.3, -0.25) is 0 Å². The van der Waals surface area contributed by atoms with Crippen LogP contribution in [0.1, 0.15) is 12.8 Å². The number of nitrogens with one attached hydrogen (secondary N) is 1. The number of hydrogen-bond donors (Lipinski definition) is 2. The minimum atomic E-state index is -3.65. The average Bonchev–Trinajstić information content (AvgIpc) is 2.38. The lowest BCUT2D eigenvalue weighted by atomic mass is 10.0. The largest absolute Gasteiger partial charge is 0.507 e. The Morgan fingerprint density at radius 3 is 2.83 bits per heavy atom. The predicted octanol–water partition coefficient (Wildman–Crippen LogP) is 1.10. The molecule has 1 fully saturated rings. The van der Waals surface area contributed by atoms with Crippen molar-refractivity contribution in [2.24, 2.45) is 5.92 Å². The van der Waals surface area contributed by atoms with Gasteiger partial charge >= 0.3 is 0 Å². The smallest absolute Gasteiger partial charge is 0.244 e. The number of para-hydroxylation sites is 1. The van der Waals surface area contributed by atoms with Crippen LogP contribution in [-0.4, -0.2) is 33.3 Å². The van der Waals surface area contributed by atoms with Gasteiger partial charge in [-0.2, -0.15) is 0 Å². The van der Waals surface area contributed by atoms with Gasteiger partial charge in [0.1, 0.15) is 10.6 Å². The molecule has 100 valence electrons. The normalized spacial score (nSPS) is 20.8. The van der Waals surface area contributed by atoms with Crippen molar-refractivity contribution in [1.82, 2.24) is 4.72 Å². The van der Waals surface area contributed by atoms with E-state index in [0.717, 1.165) is 19.4 Å². The number of ether oxygens (including phenoxy) is 1. The van der Waals surface area contributed by atoms with E-state index in [4.69, 9.17) is 4.74 Å². The first-order valence-corrected chi connectivity index (χ1v) is 7.43. The maximum absolute atomic E-state index is 12.0. The first-order valence-electron chi connectivity index (χ1n) is 5.95. The zero-order valence-electron chi connectivity index (χ0n) is 10.0. The van der Waals surface area contributed by atoms with Crippen LogP contribution in [0.25, 0.3) is 0 Å². The maximum atomic E-state index is 12.0. The highest BCUT2D eigenvalue weighted by molar-refractivity contribution is 7.89. The second kappa shape index (κ2) is 5.69. The third-order valence-electron chi connectivity index (χ3n) is 2.97. The van der Waals surface area contributed by atoms with Crippen LogP contribution in [0.5, 0.6) is 5.75 Å². The molecule has 0 aromatic heterocycles. The van der Waals surface area contributed by atoms with Crippen LogP contribution >= 0.6 is 0 Å². The summed E-state index contributed by atoms with van der Waals surface area (Å²) in [4.78, 5) is -0.0817. The Kier molecular flexibility index (Phi) is 4.21. The summed E-state index contributed by atoms with van der Waals surface area (Å²) in [5.41, 5.74) is 0. The van der Waals surface area contributed by atoms with Gasteiger partial charge < -0.3 is 9.84 Å². The van der Waals surface area contributed by atoms with Crippen LogP contribution in [0, 0.1) is 5.92 Å². The number of sulfonamides is 1. The van der Waals surface area contributed by atoms with Gasteiger partial charge in [-0.05, 0) is 30.9 Å². The molecule has 6 heteroatoms. The van der Waals surface area contributed by atoms with E-state index in [1.165, 1.54) is 12.1 Å². The molecule has 1 aromatic rings. The van der Waals surface area contributed by atoms with Crippen LogP contribution in [0.3, 0.4) is 0 Å². The fourth-order valence-electron chi connectivity index (χ4n) is 1.96. The molecule has 1 aliphatic rings. The van der Waals surface area contributed by atoms with Gasteiger partial charge in [0.2, 0.25) is 10.0 Å². The van der Waals surface area contributed by atoms with E-state index < -0.39 is 10.0 Å². The van der Waals surface area contributed by atoms with Crippen molar-refractivity contribution < 1.29 is 18.3 Å². The number of rotatable bonds is 4. The van der Waals surface area contributed by atoms with Crippen LogP contribution in [0.15, 0.2) is 29.2 Å². The molecule has 1 saturated heterocycles. The SMILES string of the molecule is O=S(=O)(NCC1CCCOC1)c1ccccc1O. The van der Waals surface area contributed by atoms with Crippen LogP contribution in [0.4, 0.5) is 0 Å². The van der Waals surface area contributed by atoms with Crippen molar-refractivity contribution in [3.63, 3.8) is 0 Å². The molecule has 0 bridgehead atoms. The summed E-state index contributed by atoms with van der Waals surface area (Å²) in [6.07, 6.45) is 1.92. The van der Waals surface area contributed by atoms with Crippen LogP contribution in [0.2, 0.25) is 0 Å². The minimum absolute atomic E-state index is 0.0817. The second-order valence-corrected chi connectivity index (χ2v) is 6.14.